The summed E-state index contributed by atoms with van der Waals surface area (Å²) in [6, 6.07) is 15.6. The molecule has 0 saturated carbocycles. The lowest BCUT2D eigenvalue weighted by atomic mass is 10.1. The van der Waals surface area contributed by atoms with Crippen molar-refractivity contribution in [2.45, 2.75) is 6.54 Å². The Balaban J connectivity index is 1.51. The lowest BCUT2D eigenvalue weighted by Crippen LogP contribution is -3.15. The van der Waals surface area contributed by atoms with Gasteiger partial charge in [0.15, 0.2) is 0 Å². The van der Waals surface area contributed by atoms with Crippen LogP contribution in [0.2, 0.25) is 0 Å². The van der Waals surface area contributed by atoms with Crippen molar-refractivity contribution in [2.75, 3.05) is 43.4 Å². The van der Waals surface area contributed by atoms with E-state index in [1.54, 1.807) is 12.1 Å². The smallest absolute Gasteiger partial charge is 0.332 e. The van der Waals surface area contributed by atoms with Crippen molar-refractivity contribution in [3.8, 4) is 0 Å². The summed E-state index contributed by atoms with van der Waals surface area (Å²) in [5, 5.41) is 0. The second-order valence-electron chi connectivity index (χ2n) is 8.29. The zero-order chi connectivity index (χ0) is 23.5. The molecule has 1 fully saturated rings. The largest absolute Gasteiger partial charge is 0.384 e. The molecule has 0 bridgehead atoms. The molecule has 0 spiro atoms. The maximum atomic E-state index is 13.2. The second-order valence-corrected chi connectivity index (χ2v) is 8.29. The summed E-state index contributed by atoms with van der Waals surface area (Å²) >= 11 is 0. The maximum absolute atomic E-state index is 13.2. The number of anilines is 2. The van der Waals surface area contributed by atoms with Gasteiger partial charge in [-0.1, -0.05) is 30.3 Å². The first-order chi connectivity index (χ1) is 15.8. The van der Waals surface area contributed by atoms with Crippen LogP contribution < -0.4 is 26.8 Å². The zero-order valence-electron chi connectivity index (χ0n) is 18.5. The third-order valence-corrected chi connectivity index (χ3v) is 6.12. The van der Waals surface area contributed by atoms with Gasteiger partial charge in [-0.3, -0.25) is 18.7 Å². The number of ketones is 1. The van der Waals surface area contributed by atoms with Gasteiger partial charge in [0.1, 0.15) is 23.7 Å². The third kappa shape index (κ3) is 4.73. The van der Waals surface area contributed by atoms with E-state index in [0.717, 1.165) is 20.7 Å². The fraction of sp³-hybridized carbons (Fsp3) is 0.292. The highest BCUT2D eigenvalue weighted by molar-refractivity contribution is 6.00. The fourth-order valence-corrected chi connectivity index (χ4v) is 4.19. The summed E-state index contributed by atoms with van der Waals surface area (Å²) in [6.45, 7) is 3.06. The predicted molar refractivity (Wildman–Crippen MR) is 124 cm³/mol. The highest BCUT2D eigenvalue weighted by Gasteiger charge is 2.27. The molecule has 8 nitrogen and oxygen atoms in total. The number of hydrogen-bond donors (Lipinski definition) is 2. The molecule has 3 N–H and O–H groups in total. The van der Waals surface area contributed by atoms with Crippen LogP contribution >= 0.6 is 0 Å². The molecule has 9 heteroatoms. The molecule has 0 radical (unpaired) electrons. The molecule has 33 heavy (non-hydrogen) atoms. The molecule has 1 aliphatic rings. The molecule has 172 valence electrons. The molecule has 3 aromatic rings. The topological polar surface area (TPSA) is 94.8 Å². The Hall–Kier alpha value is -3.72. The first kappa shape index (κ1) is 22.5. The maximum Gasteiger partial charge on any atom is 0.332 e. The molecule has 2 heterocycles. The van der Waals surface area contributed by atoms with Gasteiger partial charge in [0.05, 0.1) is 32.7 Å². The number of nitrogen functional groups attached to an aromatic ring is 1. The van der Waals surface area contributed by atoms with Crippen molar-refractivity contribution in [2.24, 2.45) is 7.05 Å². The molecule has 1 aliphatic heterocycles. The quantitative estimate of drug-likeness (QED) is 0.510. The highest BCUT2D eigenvalue weighted by atomic mass is 19.1. The fourth-order valence-electron chi connectivity index (χ4n) is 4.19. The van der Waals surface area contributed by atoms with E-state index in [0.29, 0.717) is 26.2 Å². The van der Waals surface area contributed by atoms with E-state index in [9.17, 15) is 18.8 Å². The second kappa shape index (κ2) is 9.41. The first-order valence-electron chi connectivity index (χ1n) is 10.9. The number of hydrogen-bond acceptors (Lipinski definition) is 5. The summed E-state index contributed by atoms with van der Waals surface area (Å²) in [7, 11) is 1.36. The van der Waals surface area contributed by atoms with Gasteiger partial charge in [-0.2, -0.15) is 0 Å². The van der Waals surface area contributed by atoms with Crippen molar-refractivity contribution in [1.29, 1.82) is 0 Å². The monoisotopic (exact) mass is 452 g/mol. The van der Waals surface area contributed by atoms with Crippen LogP contribution in [0.25, 0.3) is 0 Å². The molecule has 0 aliphatic carbocycles. The summed E-state index contributed by atoms with van der Waals surface area (Å²) in [5.74, 6) is -0.747. The number of nitrogens with two attached hydrogens (primary N) is 1. The number of nitrogens with one attached hydrogen (secondary N) is 1. The lowest BCUT2D eigenvalue weighted by molar-refractivity contribution is -0.892. The summed E-state index contributed by atoms with van der Waals surface area (Å²) in [6.07, 6.45) is 0. The van der Waals surface area contributed by atoms with Crippen molar-refractivity contribution in [3.63, 3.8) is 0 Å². The van der Waals surface area contributed by atoms with Crippen LogP contribution in [0.15, 0.2) is 64.2 Å². The van der Waals surface area contributed by atoms with E-state index >= 15 is 0 Å². The van der Waals surface area contributed by atoms with Crippen molar-refractivity contribution in [3.05, 3.63) is 92.4 Å². The molecule has 1 aromatic heterocycles. The molecule has 2 aromatic carbocycles. The van der Waals surface area contributed by atoms with Gasteiger partial charge in [-0.25, -0.2) is 9.18 Å². The average Bonchev–Trinajstić information content (AvgIpc) is 2.82. The number of benzene rings is 2. The molecular weight excluding hydrogens is 425 g/mol. The van der Waals surface area contributed by atoms with Gasteiger partial charge in [0.2, 0.25) is 5.78 Å². The predicted octanol–water partition coefficient (Wildman–Crippen LogP) is -0.0956. The van der Waals surface area contributed by atoms with Gasteiger partial charge in [-0.15, -0.1) is 0 Å². The number of Topliss-reactive ketones (excluding diaryl/α,β-unsaturated/α-hetero) is 1. The Morgan fingerprint density at radius 2 is 1.67 bits per heavy atom. The lowest BCUT2D eigenvalue weighted by Gasteiger charge is -2.33. The van der Waals surface area contributed by atoms with Crippen LogP contribution in [0, 0.1) is 5.82 Å². The van der Waals surface area contributed by atoms with Gasteiger partial charge in [0.25, 0.3) is 5.56 Å². The van der Waals surface area contributed by atoms with Gasteiger partial charge in [0, 0.05) is 12.7 Å². The van der Waals surface area contributed by atoms with E-state index < -0.39 is 11.2 Å². The molecule has 4 rings (SSSR count). The van der Waals surface area contributed by atoms with E-state index in [1.165, 1.54) is 23.7 Å². The van der Waals surface area contributed by atoms with E-state index in [1.807, 2.05) is 30.3 Å². The Kier molecular flexibility index (Phi) is 6.41. The van der Waals surface area contributed by atoms with Gasteiger partial charge in [-0.05, 0) is 29.8 Å². The van der Waals surface area contributed by atoms with Crippen LogP contribution in [0.4, 0.5) is 15.9 Å². The zero-order valence-corrected chi connectivity index (χ0v) is 18.5. The Morgan fingerprint density at radius 3 is 2.30 bits per heavy atom. The Morgan fingerprint density at radius 1 is 1.03 bits per heavy atom. The minimum Gasteiger partial charge on any atom is -0.384 e. The normalized spacial score (nSPS) is 14.4. The number of carbonyl (C=O) groups is 1. The number of aromatic nitrogens is 2. The van der Waals surface area contributed by atoms with Gasteiger partial charge < -0.3 is 15.5 Å². The summed E-state index contributed by atoms with van der Waals surface area (Å²) in [4.78, 5) is 41.7. The Labute approximate surface area is 190 Å². The SMILES string of the molecule is Cn1c(=O)c(C(=O)C[NH+]2CCN(c3ccc(F)cc3)CC2)c(N)n(Cc2ccccc2)c1=O. The molecule has 1 saturated heterocycles. The van der Waals surface area contributed by atoms with Crippen LogP contribution in [-0.4, -0.2) is 47.6 Å². The van der Waals surface area contributed by atoms with Crippen LogP contribution in [0.3, 0.4) is 0 Å². The van der Waals surface area contributed by atoms with Crippen LogP contribution in [-0.2, 0) is 13.6 Å². The van der Waals surface area contributed by atoms with Crippen LogP contribution in [0.5, 0.6) is 0 Å². The number of carbonyl (C=O) groups excluding carboxylic acids is 1. The average molecular weight is 453 g/mol. The number of nitrogens with zero attached hydrogens (tertiary/aromatic N) is 3. The minimum absolute atomic E-state index is 0.0960. The molecule has 0 atom stereocenters. The summed E-state index contributed by atoms with van der Waals surface area (Å²) < 4.78 is 15.4. The Bertz CT molecular complexity index is 1260. The van der Waals surface area contributed by atoms with E-state index in [4.69, 9.17) is 5.73 Å². The standard InChI is InChI=1S/C24H26FN5O3/c1-27-23(32)21(22(26)30(24(27)33)15-17-5-3-2-4-6-17)20(31)16-28-11-13-29(14-12-28)19-9-7-18(25)8-10-19/h2-10H,11-16,26H2,1H3/p+1. The van der Waals surface area contributed by atoms with Gasteiger partial charge >= 0.3 is 5.69 Å². The van der Waals surface area contributed by atoms with Crippen molar-refractivity contribution < 1.29 is 14.1 Å². The highest BCUT2D eigenvalue weighted by Crippen LogP contribution is 2.14. The minimum atomic E-state index is -0.670. The van der Waals surface area contributed by atoms with E-state index in [2.05, 4.69) is 4.90 Å². The van der Waals surface area contributed by atoms with Crippen molar-refractivity contribution in [1.82, 2.24) is 9.13 Å². The molecule has 0 unspecified atom stereocenters. The first-order valence-corrected chi connectivity index (χ1v) is 10.9. The van der Waals surface area contributed by atoms with Crippen LogP contribution in [0.1, 0.15) is 15.9 Å². The summed E-state index contributed by atoms with van der Waals surface area (Å²) in [5.41, 5.74) is 6.61. The number of halogens is 1. The number of quaternary nitrogens is 1. The van der Waals surface area contributed by atoms with E-state index in [-0.39, 0.29) is 36.1 Å². The van der Waals surface area contributed by atoms with Crippen molar-refractivity contribution >= 4 is 17.3 Å². The molecular formula is C24H27FN5O3+. The number of rotatable bonds is 6. The molecule has 0 amide bonds. The number of piperazine rings is 1. The third-order valence-electron chi connectivity index (χ3n) is 6.12.